The molecule has 2 unspecified atom stereocenters. The number of ether oxygens (including phenoxy) is 1. The Morgan fingerprint density at radius 1 is 0.882 bits per heavy atom. The molecule has 2 atom stereocenters. The van der Waals surface area contributed by atoms with Gasteiger partial charge in [-0.3, -0.25) is 0 Å². The highest BCUT2D eigenvalue weighted by Crippen LogP contribution is 2.43. The molecule has 2 aromatic carbocycles. The van der Waals surface area contributed by atoms with Gasteiger partial charge in [0.15, 0.2) is 0 Å². The SMILES string of the molecule is [O-][C](c1ccccc1)C1OC1c1ccccc1. The standard InChI is InChI=1S/C15H12O2/c16-13(11-7-3-1-4-8-11)15-14(17-15)12-9-5-2-6-10-12/h1-10,14-15H/q-1. The fraction of sp³-hybridized carbons (Fsp3) is 0.133. The molecule has 1 fully saturated rings. The molecule has 0 spiro atoms. The molecule has 2 nitrogen and oxygen atoms in total. The lowest BCUT2D eigenvalue weighted by Gasteiger charge is -2.19. The summed E-state index contributed by atoms with van der Waals surface area (Å²) >= 11 is 0. The van der Waals surface area contributed by atoms with Gasteiger partial charge >= 0.3 is 0 Å². The fourth-order valence-electron chi connectivity index (χ4n) is 1.97. The van der Waals surface area contributed by atoms with Crippen LogP contribution >= 0.6 is 0 Å². The van der Waals surface area contributed by atoms with E-state index in [0.29, 0.717) is 0 Å². The van der Waals surface area contributed by atoms with Crippen molar-refractivity contribution >= 4 is 0 Å². The van der Waals surface area contributed by atoms with Gasteiger partial charge in [0.05, 0.1) is 6.10 Å². The van der Waals surface area contributed by atoms with E-state index in [4.69, 9.17) is 4.74 Å². The Labute approximate surface area is 100 Å². The van der Waals surface area contributed by atoms with E-state index in [2.05, 4.69) is 0 Å². The van der Waals surface area contributed by atoms with Crippen molar-refractivity contribution in [1.29, 1.82) is 0 Å². The maximum atomic E-state index is 12.1. The minimum absolute atomic E-state index is 0.0658. The van der Waals surface area contributed by atoms with Gasteiger partial charge in [-0.2, -0.15) is 0 Å². The Hall–Kier alpha value is -1.64. The molecule has 0 amide bonds. The van der Waals surface area contributed by atoms with Gasteiger partial charge in [-0.1, -0.05) is 72.3 Å². The molecule has 1 saturated heterocycles. The van der Waals surface area contributed by atoms with E-state index in [1.54, 1.807) is 0 Å². The van der Waals surface area contributed by atoms with E-state index < -0.39 is 0 Å². The second kappa shape index (κ2) is 4.32. The molecule has 2 aromatic rings. The van der Waals surface area contributed by atoms with Crippen molar-refractivity contribution in [2.24, 2.45) is 0 Å². The van der Waals surface area contributed by atoms with Crippen LogP contribution in [0.3, 0.4) is 0 Å². The summed E-state index contributed by atoms with van der Waals surface area (Å²) in [4.78, 5) is 0. The quantitative estimate of drug-likeness (QED) is 0.748. The first-order valence-corrected chi connectivity index (χ1v) is 5.66. The van der Waals surface area contributed by atoms with Gasteiger partial charge in [-0.15, -0.1) is 0 Å². The molecule has 1 radical (unpaired) electrons. The molecule has 85 valence electrons. The normalized spacial score (nSPS) is 22.7. The van der Waals surface area contributed by atoms with Crippen LogP contribution in [0.2, 0.25) is 0 Å². The van der Waals surface area contributed by atoms with Gasteiger partial charge in [0, 0.05) is 0 Å². The van der Waals surface area contributed by atoms with E-state index in [1.807, 2.05) is 60.7 Å². The van der Waals surface area contributed by atoms with E-state index >= 15 is 0 Å². The zero-order chi connectivity index (χ0) is 11.7. The second-order valence-electron chi connectivity index (χ2n) is 4.12. The van der Waals surface area contributed by atoms with Crippen LogP contribution in [0, 0.1) is 6.10 Å². The predicted molar refractivity (Wildman–Crippen MR) is 62.8 cm³/mol. The van der Waals surface area contributed by atoms with Crippen LogP contribution in [0.4, 0.5) is 0 Å². The lowest BCUT2D eigenvalue weighted by Crippen LogP contribution is -2.22. The highest BCUT2D eigenvalue weighted by atomic mass is 16.6. The van der Waals surface area contributed by atoms with Crippen LogP contribution in [0.15, 0.2) is 60.7 Å². The third-order valence-electron chi connectivity index (χ3n) is 2.94. The maximum absolute atomic E-state index is 12.1. The Morgan fingerprint density at radius 3 is 2.12 bits per heavy atom. The molecule has 0 aliphatic carbocycles. The van der Waals surface area contributed by atoms with Gasteiger partial charge in [0.25, 0.3) is 0 Å². The third kappa shape index (κ3) is 2.09. The smallest absolute Gasteiger partial charge is 0.109 e. The van der Waals surface area contributed by atoms with Crippen molar-refractivity contribution in [3.05, 3.63) is 77.9 Å². The van der Waals surface area contributed by atoms with Gasteiger partial charge in [-0.05, 0) is 5.56 Å². The first-order valence-electron chi connectivity index (χ1n) is 5.66. The first-order chi connectivity index (χ1) is 8.36. The van der Waals surface area contributed by atoms with E-state index in [9.17, 15) is 5.11 Å². The molecule has 0 bridgehead atoms. The molecule has 0 N–H and O–H groups in total. The van der Waals surface area contributed by atoms with Crippen molar-refractivity contribution in [3.8, 4) is 0 Å². The summed E-state index contributed by atoms with van der Waals surface area (Å²) in [7, 11) is 0. The summed E-state index contributed by atoms with van der Waals surface area (Å²) in [5, 5.41) is 12.1. The second-order valence-corrected chi connectivity index (χ2v) is 4.12. The summed E-state index contributed by atoms with van der Waals surface area (Å²) in [6.45, 7) is 0. The molecule has 0 saturated carbocycles. The van der Waals surface area contributed by atoms with Gasteiger partial charge in [-0.25, -0.2) is 0 Å². The first kappa shape index (κ1) is 10.5. The summed E-state index contributed by atoms with van der Waals surface area (Å²) in [6.07, 6.45) is -0.303. The molecule has 1 aliphatic heterocycles. The summed E-state index contributed by atoms with van der Waals surface area (Å²) < 4.78 is 5.47. The van der Waals surface area contributed by atoms with Crippen LogP contribution in [-0.2, 0) is 4.74 Å². The lowest BCUT2D eigenvalue weighted by atomic mass is 10.0. The predicted octanol–water partition coefficient (Wildman–Crippen LogP) is 2.07. The van der Waals surface area contributed by atoms with Crippen molar-refractivity contribution in [2.45, 2.75) is 12.2 Å². The number of hydrogen-bond donors (Lipinski definition) is 0. The highest BCUT2D eigenvalue weighted by molar-refractivity contribution is 5.34. The third-order valence-corrected chi connectivity index (χ3v) is 2.94. The summed E-state index contributed by atoms with van der Waals surface area (Å²) in [5.41, 5.74) is 1.79. The molecule has 1 aliphatic rings. The minimum Gasteiger partial charge on any atom is -0.844 e. The van der Waals surface area contributed by atoms with E-state index in [-0.39, 0.29) is 18.3 Å². The van der Waals surface area contributed by atoms with Crippen LogP contribution in [-0.4, -0.2) is 6.10 Å². The Balaban J connectivity index is 1.73. The zero-order valence-electron chi connectivity index (χ0n) is 9.24. The number of benzene rings is 2. The highest BCUT2D eigenvalue weighted by Gasteiger charge is 2.41. The summed E-state index contributed by atoms with van der Waals surface area (Å²) in [6, 6.07) is 19.1. The van der Waals surface area contributed by atoms with E-state index in [1.165, 1.54) is 0 Å². The van der Waals surface area contributed by atoms with Crippen LogP contribution in [0.25, 0.3) is 0 Å². The Bertz CT molecular complexity index is 481. The topological polar surface area (TPSA) is 35.6 Å². The fourth-order valence-corrected chi connectivity index (χ4v) is 1.97. The average molecular weight is 224 g/mol. The molecular formula is C15H12O2-. The largest absolute Gasteiger partial charge is 0.844 e. The molecule has 0 aromatic heterocycles. The van der Waals surface area contributed by atoms with Crippen molar-refractivity contribution in [2.75, 3.05) is 0 Å². The van der Waals surface area contributed by atoms with Crippen LogP contribution in [0.5, 0.6) is 0 Å². The van der Waals surface area contributed by atoms with E-state index in [0.717, 1.165) is 11.1 Å². The van der Waals surface area contributed by atoms with Crippen molar-refractivity contribution in [3.63, 3.8) is 0 Å². The Morgan fingerprint density at radius 2 is 1.47 bits per heavy atom. The maximum Gasteiger partial charge on any atom is 0.109 e. The molecule has 3 rings (SSSR count). The molecule has 17 heavy (non-hydrogen) atoms. The number of rotatable bonds is 3. The van der Waals surface area contributed by atoms with Crippen molar-refractivity contribution in [1.82, 2.24) is 0 Å². The molecule has 2 heteroatoms. The molecule has 1 heterocycles. The lowest BCUT2D eigenvalue weighted by molar-refractivity contribution is -0.348. The van der Waals surface area contributed by atoms with Crippen molar-refractivity contribution < 1.29 is 9.84 Å². The number of hydrogen-bond acceptors (Lipinski definition) is 2. The van der Waals surface area contributed by atoms with Gasteiger partial charge in [0.1, 0.15) is 6.10 Å². The van der Waals surface area contributed by atoms with Gasteiger partial charge in [0.2, 0.25) is 0 Å². The minimum atomic E-state index is -0.306. The summed E-state index contributed by atoms with van der Waals surface area (Å²) in [5.74, 6) is 0. The monoisotopic (exact) mass is 224 g/mol. The average Bonchev–Trinajstić information content (AvgIpc) is 3.20. The van der Waals surface area contributed by atoms with Crippen LogP contribution in [0.1, 0.15) is 17.2 Å². The number of epoxide rings is 1. The van der Waals surface area contributed by atoms with Gasteiger partial charge < -0.3 is 9.84 Å². The Kier molecular flexibility index (Phi) is 2.67. The van der Waals surface area contributed by atoms with Crippen LogP contribution < -0.4 is 5.11 Å². The molecular weight excluding hydrogens is 212 g/mol. The zero-order valence-corrected chi connectivity index (χ0v) is 9.24.